The average Bonchev–Trinajstić information content (AvgIpc) is 3.39. The molecule has 1 N–H and O–H groups in total. The number of halogens is 1. The van der Waals surface area contributed by atoms with Crippen LogP contribution in [-0.4, -0.2) is 73.5 Å². The fourth-order valence-electron chi connectivity index (χ4n) is 3.82. The third kappa shape index (κ3) is 3.94. The number of hydrogen-bond donors (Lipinski definition) is 1. The lowest BCUT2D eigenvalue weighted by Gasteiger charge is -2.33. The summed E-state index contributed by atoms with van der Waals surface area (Å²) in [5, 5.41) is 11.5. The van der Waals surface area contributed by atoms with Crippen LogP contribution < -0.4 is 0 Å². The van der Waals surface area contributed by atoms with Gasteiger partial charge in [0.05, 0.1) is 4.88 Å². The molecular weight excluding hydrogens is 488 g/mol. The molecule has 32 heavy (non-hydrogen) atoms. The normalized spacial score (nSPS) is 17.5. The molecule has 2 aliphatic heterocycles. The van der Waals surface area contributed by atoms with E-state index in [1.54, 1.807) is 29.2 Å². The van der Waals surface area contributed by atoms with Gasteiger partial charge in [-0.2, -0.15) is 4.31 Å². The summed E-state index contributed by atoms with van der Waals surface area (Å²) in [6.07, 6.45) is 1.10. The Hall–Kier alpha value is -1.98. The molecule has 0 atom stereocenters. The van der Waals surface area contributed by atoms with Crippen molar-refractivity contribution < 1.29 is 13.2 Å². The summed E-state index contributed by atoms with van der Waals surface area (Å²) >= 11 is 8.58. The number of likely N-dealkylation sites (tertiary alicyclic amines) is 1. The zero-order chi connectivity index (χ0) is 22.5. The van der Waals surface area contributed by atoms with Crippen molar-refractivity contribution in [2.24, 2.45) is 0 Å². The van der Waals surface area contributed by atoms with E-state index < -0.39 is 10.0 Å². The molecule has 0 saturated carbocycles. The van der Waals surface area contributed by atoms with E-state index in [0.717, 1.165) is 35.2 Å². The Kier molecular flexibility index (Phi) is 5.75. The number of carbonyl (C=O) groups excluding carboxylic acids is 1. The maximum atomic E-state index is 13.1. The fourth-order valence-corrected chi connectivity index (χ4v) is 7.93. The predicted octanol–water partition coefficient (Wildman–Crippen LogP) is 3.79. The second kappa shape index (κ2) is 8.42. The largest absolute Gasteiger partial charge is 0.356 e. The monoisotopic (exact) mass is 508 g/mol. The van der Waals surface area contributed by atoms with E-state index in [1.807, 2.05) is 16.3 Å². The van der Waals surface area contributed by atoms with Gasteiger partial charge in [-0.3, -0.25) is 10.2 Å². The number of rotatable bonds is 4. The number of fused-ring (bicyclic) bond motifs is 1. The Morgan fingerprint density at radius 1 is 1.00 bits per heavy atom. The highest BCUT2D eigenvalue weighted by Gasteiger charge is 2.32. The Bertz CT molecular complexity index is 1300. The first-order valence-electron chi connectivity index (χ1n) is 10.2. The number of nitrogens with one attached hydrogen (secondary N) is 1. The van der Waals surface area contributed by atoms with Crippen LogP contribution in [0.15, 0.2) is 39.9 Å². The van der Waals surface area contributed by atoms with Crippen molar-refractivity contribution in [3.8, 4) is 0 Å². The van der Waals surface area contributed by atoms with Crippen molar-refractivity contribution in [3.05, 3.63) is 51.2 Å². The van der Waals surface area contributed by atoms with Crippen molar-refractivity contribution >= 4 is 66.1 Å². The van der Waals surface area contributed by atoms with Gasteiger partial charge in [-0.25, -0.2) is 8.42 Å². The van der Waals surface area contributed by atoms with Crippen LogP contribution >= 0.6 is 34.3 Å². The molecule has 3 aromatic rings. The third-order valence-electron chi connectivity index (χ3n) is 5.84. The number of carbonyl (C=O) groups is 1. The van der Waals surface area contributed by atoms with Gasteiger partial charge in [0.15, 0.2) is 0 Å². The number of hydrogen-bond acceptors (Lipinski definition) is 6. The van der Waals surface area contributed by atoms with Crippen LogP contribution in [0.5, 0.6) is 0 Å². The summed E-state index contributed by atoms with van der Waals surface area (Å²) in [6, 6.07) is 8.80. The van der Waals surface area contributed by atoms with Crippen LogP contribution in [0.1, 0.15) is 21.7 Å². The summed E-state index contributed by atoms with van der Waals surface area (Å²) < 4.78 is 28.9. The number of benzene rings is 1. The highest BCUT2D eigenvalue weighted by atomic mass is 35.5. The summed E-state index contributed by atoms with van der Waals surface area (Å²) in [5.74, 6) is 0.360. The Balaban J connectivity index is 1.25. The number of thiophene rings is 2. The summed E-state index contributed by atoms with van der Waals surface area (Å²) in [5.41, 5.74) is 0.768. The van der Waals surface area contributed by atoms with Gasteiger partial charge in [0.2, 0.25) is 0 Å². The first-order chi connectivity index (χ1) is 15.3. The SMILES string of the molecule is N=C(c1csc(C(=O)N2CCN(S(=O)(=O)c3cc4ccc(Cl)cc4s3)CC2)c1)N1CCC1. The number of amidine groups is 1. The van der Waals surface area contributed by atoms with Crippen molar-refractivity contribution in [1.82, 2.24) is 14.1 Å². The minimum absolute atomic E-state index is 0.105. The maximum Gasteiger partial charge on any atom is 0.264 e. The second-order valence-corrected chi connectivity index (χ2v) is 12.4. The molecule has 0 aliphatic carbocycles. The van der Waals surface area contributed by atoms with E-state index in [4.69, 9.17) is 17.0 Å². The number of sulfonamides is 1. The van der Waals surface area contributed by atoms with Crippen molar-refractivity contribution in [3.63, 3.8) is 0 Å². The van der Waals surface area contributed by atoms with Gasteiger partial charge in [0.1, 0.15) is 10.0 Å². The van der Waals surface area contributed by atoms with Gasteiger partial charge in [-0.05, 0) is 36.1 Å². The molecule has 2 aliphatic rings. The molecule has 5 rings (SSSR count). The Morgan fingerprint density at radius 2 is 1.75 bits per heavy atom. The topological polar surface area (TPSA) is 84.8 Å². The minimum Gasteiger partial charge on any atom is -0.356 e. The molecule has 2 saturated heterocycles. The zero-order valence-corrected chi connectivity index (χ0v) is 20.3. The summed E-state index contributed by atoms with van der Waals surface area (Å²) in [7, 11) is -3.62. The molecule has 4 heterocycles. The van der Waals surface area contributed by atoms with Crippen LogP contribution in [0.2, 0.25) is 5.02 Å². The summed E-state index contributed by atoms with van der Waals surface area (Å²) in [4.78, 5) is 17.2. The second-order valence-electron chi connectivity index (χ2n) is 7.83. The molecule has 1 amide bonds. The molecule has 168 valence electrons. The lowest BCUT2D eigenvalue weighted by atomic mass is 10.1. The van der Waals surface area contributed by atoms with E-state index in [0.29, 0.717) is 33.0 Å². The van der Waals surface area contributed by atoms with Crippen LogP contribution in [0.3, 0.4) is 0 Å². The fraction of sp³-hybridized carbons (Fsp3) is 0.333. The summed E-state index contributed by atoms with van der Waals surface area (Å²) in [6.45, 7) is 2.97. The van der Waals surface area contributed by atoms with Crippen molar-refractivity contribution in [1.29, 1.82) is 5.41 Å². The Morgan fingerprint density at radius 3 is 2.44 bits per heavy atom. The van der Waals surface area contributed by atoms with E-state index in [1.165, 1.54) is 27.0 Å². The van der Waals surface area contributed by atoms with Crippen LogP contribution in [0.4, 0.5) is 0 Å². The molecule has 0 radical (unpaired) electrons. The van der Waals surface area contributed by atoms with Gasteiger partial charge < -0.3 is 9.80 Å². The molecule has 0 unspecified atom stereocenters. The number of amides is 1. The first-order valence-corrected chi connectivity index (χ1v) is 13.8. The third-order valence-corrected chi connectivity index (χ3v) is 10.4. The van der Waals surface area contributed by atoms with Gasteiger partial charge in [-0.1, -0.05) is 17.7 Å². The van der Waals surface area contributed by atoms with Crippen molar-refractivity contribution in [2.75, 3.05) is 39.3 Å². The van der Waals surface area contributed by atoms with Crippen molar-refractivity contribution in [2.45, 2.75) is 10.6 Å². The standard InChI is InChI=1S/C21H21ClN4O3S3/c22-16-3-2-14-11-19(31-17(14)12-16)32(28,29)26-8-6-25(7-9-26)21(27)18-10-15(13-30-18)20(23)24-4-1-5-24/h2-3,10-13,23H,1,4-9H2. The molecule has 1 aromatic carbocycles. The zero-order valence-electron chi connectivity index (χ0n) is 17.1. The van der Waals surface area contributed by atoms with Crippen LogP contribution in [-0.2, 0) is 10.0 Å². The predicted molar refractivity (Wildman–Crippen MR) is 129 cm³/mol. The maximum absolute atomic E-state index is 13.1. The van der Waals surface area contributed by atoms with Gasteiger partial charge >= 0.3 is 0 Å². The molecule has 7 nitrogen and oxygen atoms in total. The number of nitrogens with zero attached hydrogens (tertiary/aromatic N) is 3. The van der Waals surface area contributed by atoms with Gasteiger partial charge in [-0.15, -0.1) is 22.7 Å². The quantitative estimate of drug-likeness (QED) is 0.429. The highest BCUT2D eigenvalue weighted by molar-refractivity contribution is 7.91. The lowest BCUT2D eigenvalue weighted by Crippen LogP contribution is -2.50. The van der Waals surface area contributed by atoms with Crippen LogP contribution in [0.25, 0.3) is 10.1 Å². The number of piperazine rings is 1. The van der Waals surface area contributed by atoms with E-state index in [9.17, 15) is 13.2 Å². The molecule has 0 bridgehead atoms. The van der Waals surface area contributed by atoms with E-state index in [2.05, 4.69) is 0 Å². The van der Waals surface area contributed by atoms with Gasteiger partial charge in [0.25, 0.3) is 15.9 Å². The molecular formula is C21H21ClN4O3S3. The first kappa shape index (κ1) is 21.8. The van der Waals surface area contributed by atoms with E-state index in [-0.39, 0.29) is 19.0 Å². The average molecular weight is 509 g/mol. The lowest BCUT2D eigenvalue weighted by molar-refractivity contribution is 0.0703. The van der Waals surface area contributed by atoms with Crippen LogP contribution in [0, 0.1) is 5.41 Å². The Labute approximate surface area is 199 Å². The molecule has 2 fully saturated rings. The minimum atomic E-state index is -3.62. The highest BCUT2D eigenvalue weighted by Crippen LogP contribution is 2.33. The molecule has 11 heteroatoms. The van der Waals surface area contributed by atoms with E-state index >= 15 is 0 Å². The molecule has 2 aromatic heterocycles. The smallest absolute Gasteiger partial charge is 0.264 e. The molecule has 0 spiro atoms. The van der Waals surface area contributed by atoms with Gasteiger partial charge in [0, 0.05) is 59.9 Å².